The van der Waals surface area contributed by atoms with Crippen LogP contribution < -0.4 is 10.2 Å². The second kappa shape index (κ2) is 8.17. The van der Waals surface area contributed by atoms with Gasteiger partial charge in [-0.25, -0.2) is 0 Å². The van der Waals surface area contributed by atoms with Gasteiger partial charge in [0.2, 0.25) is 5.91 Å². The summed E-state index contributed by atoms with van der Waals surface area (Å²) in [6, 6.07) is 16.2. The second-order valence-corrected chi connectivity index (χ2v) is 6.71. The van der Waals surface area contributed by atoms with Crippen molar-refractivity contribution in [3.8, 4) is 0 Å². The van der Waals surface area contributed by atoms with E-state index in [9.17, 15) is 4.79 Å². The molecule has 0 bridgehead atoms. The number of piperazine rings is 1. The van der Waals surface area contributed by atoms with Gasteiger partial charge in [-0.05, 0) is 43.2 Å². The van der Waals surface area contributed by atoms with Crippen LogP contribution >= 0.6 is 0 Å². The highest BCUT2D eigenvalue weighted by Gasteiger charge is 2.19. The van der Waals surface area contributed by atoms with E-state index in [-0.39, 0.29) is 5.91 Å². The van der Waals surface area contributed by atoms with Crippen LogP contribution in [0.5, 0.6) is 0 Å². The summed E-state index contributed by atoms with van der Waals surface area (Å²) in [5, 5.41) is 2.95. The Balaban J connectivity index is 1.45. The predicted octanol–water partition coefficient (Wildman–Crippen LogP) is 3.45. The van der Waals surface area contributed by atoms with E-state index in [1.54, 1.807) is 0 Å². The summed E-state index contributed by atoms with van der Waals surface area (Å²) in [5.74, 6) is 0.0863. The van der Waals surface area contributed by atoms with Crippen molar-refractivity contribution in [2.45, 2.75) is 20.3 Å². The molecule has 1 aliphatic rings. The number of aryl methyl sites for hydroxylation is 1. The summed E-state index contributed by atoms with van der Waals surface area (Å²) in [7, 11) is 0. The number of hydrogen-bond donors (Lipinski definition) is 1. The van der Waals surface area contributed by atoms with E-state index < -0.39 is 0 Å². The zero-order valence-electron chi connectivity index (χ0n) is 15.2. The molecule has 2 aromatic carbocycles. The molecule has 1 amide bonds. The van der Waals surface area contributed by atoms with Gasteiger partial charge in [-0.2, -0.15) is 0 Å². The van der Waals surface area contributed by atoms with Crippen LogP contribution in [0.15, 0.2) is 48.5 Å². The van der Waals surface area contributed by atoms with Crippen LogP contribution in [-0.4, -0.2) is 43.5 Å². The molecule has 3 rings (SSSR count). The molecule has 25 heavy (non-hydrogen) atoms. The van der Waals surface area contributed by atoms with E-state index >= 15 is 0 Å². The molecular formula is C21H27N3O. The quantitative estimate of drug-likeness (QED) is 0.908. The number of hydrogen-bond acceptors (Lipinski definition) is 3. The first-order valence-electron chi connectivity index (χ1n) is 9.02. The van der Waals surface area contributed by atoms with Crippen LogP contribution in [-0.2, 0) is 4.79 Å². The van der Waals surface area contributed by atoms with E-state index in [1.807, 2.05) is 30.3 Å². The average molecular weight is 337 g/mol. The maximum atomic E-state index is 12.1. The van der Waals surface area contributed by atoms with Gasteiger partial charge < -0.3 is 10.2 Å². The van der Waals surface area contributed by atoms with Crippen LogP contribution in [0.25, 0.3) is 0 Å². The Hall–Kier alpha value is -2.33. The predicted molar refractivity (Wildman–Crippen MR) is 104 cm³/mol. The summed E-state index contributed by atoms with van der Waals surface area (Å²) in [6.45, 7) is 9.23. The number of amides is 1. The third kappa shape index (κ3) is 4.60. The summed E-state index contributed by atoms with van der Waals surface area (Å²) >= 11 is 0. The van der Waals surface area contributed by atoms with Crippen LogP contribution in [0.3, 0.4) is 0 Å². The van der Waals surface area contributed by atoms with Crippen molar-refractivity contribution in [1.29, 1.82) is 0 Å². The lowest BCUT2D eigenvalue weighted by atomic mass is 10.1. The van der Waals surface area contributed by atoms with Crippen molar-refractivity contribution in [2.24, 2.45) is 0 Å². The Bertz CT molecular complexity index is 706. The Morgan fingerprint density at radius 1 is 0.960 bits per heavy atom. The molecular weight excluding hydrogens is 310 g/mol. The number of carbonyl (C=O) groups excluding carboxylic acids is 1. The van der Waals surface area contributed by atoms with Crippen molar-refractivity contribution >= 4 is 17.3 Å². The first-order chi connectivity index (χ1) is 12.1. The number of benzene rings is 2. The SMILES string of the molecule is Cc1cccc(N2CCN(CCC(=O)Nc3ccccc3)CC2)c1C. The number of nitrogens with one attached hydrogen (secondary N) is 1. The van der Waals surface area contributed by atoms with Gasteiger partial charge in [-0.3, -0.25) is 9.69 Å². The average Bonchev–Trinajstić information content (AvgIpc) is 2.64. The highest BCUT2D eigenvalue weighted by Crippen LogP contribution is 2.23. The molecule has 0 saturated carbocycles. The molecule has 0 unspecified atom stereocenters. The summed E-state index contributed by atoms with van der Waals surface area (Å²) in [5.41, 5.74) is 4.93. The van der Waals surface area contributed by atoms with Gasteiger partial charge in [0, 0.05) is 50.5 Å². The minimum absolute atomic E-state index is 0.0863. The van der Waals surface area contributed by atoms with Crippen molar-refractivity contribution in [3.63, 3.8) is 0 Å². The molecule has 0 atom stereocenters. The molecule has 1 aliphatic heterocycles. The molecule has 0 spiro atoms. The fraction of sp³-hybridized carbons (Fsp3) is 0.381. The molecule has 1 N–H and O–H groups in total. The van der Waals surface area contributed by atoms with E-state index in [0.717, 1.165) is 38.4 Å². The molecule has 1 heterocycles. The third-order valence-corrected chi connectivity index (χ3v) is 5.00. The zero-order valence-corrected chi connectivity index (χ0v) is 15.2. The first-order valence-corrected chi connectivity index (χ1v) is 9.02. The van der Waals surface area contributed by atoms with Gasteiger partial charge in [-0.15, -0.1) is 0 Å². The lowest BCUT2D eigenvalue weighted by Gasteiger charge is -2.37. The van der Waals surface area contributed by atoms with E-state index in [4.69, 9.17) is 0 Å². The van der Waals surface area contributed by atoms with Gasteiger partial charge in [0.1, 0.15) is 0 Å². The normalized spacial score (nSPS) is 15.2. The number of carbonyl (C=O) groups is 1. The van der Waals surface area contributed by atoms with Gasteiger partial charge in [0.15, 0.2) is 0 Å². The molecule has 1 fully saturated rings. The lowest BCUT2D eigenvalue weighted by Crippen LogP contribution is -2.47. The third-order valence-electron chi connectivity index (χ3n) is 5.00. The zero-order chi connectivity index (χ0) is 17.6. The van der Waals surface area contributed by atoms with Crippen molar-refractivity contribution in [2.75, 3.05) is 42.9 Å². The standard InChI is InChI=1S/C21H27N3O/c1-17-7-6-10-20(18(17)2)24-15-13-23(14-16-24)12-11-21(25)22-19-8-4-3-5-9-19/h3-10H,11-16H2,1-2H3,(H,22,25). The molecule has 0 aromatic heterocycles. The monoisotopic (exact) mass is 337 g/mol. The van der Waals surface area contributed by atoms with Gasteiger partial charge in [0.05, 0.1) is 0 Å². The lowest BCUT2D eigenvalue weighted by molar-refractivity contribution is -0.116. The number of nitrogens with zero attached hydrogens (tertiary/aromatic N) is 2. The van der Waals surface area contributed by atoms with Crippen LogP contribution in [0.4, 0.5) is 11.4 Å². The Labute approximate surface area is 150 Å². The fourth-order valence-corrected chi connectivity index (χ4v) is 3.30. The van der Waals surface area contributed by atoms with Crippen molar-refractivity contribution in [3.05, 3.63) is 59.7 Å². The molecule has 0 aliphatic carbocycles. The van der Waals surface area contributed by atoms with Crippen LogP contribution in [0.1, 0.15) is 17.5 Å². The first kappa shape index (κ1) is 17.5. The van der Waals surface area contributed by atoms with Gasteiger partial charge in [-0.1, -0.05) is 30.3 Å². The van der Waals surface area contributed by atoms with Crippen LogP contribution in [0.2, 0.25) is 0 Å². The smallest absolute Gasteiger partial charge is 0.225 e. The van der Waals surface area contributed by atoms with Crippen molar-refractivity contribution < 1.29 is 4.79 Å². The number of para-hydroxylation sites is 1. The minimum atomic E-state index is 0.0863. The fourth-order valence-electron chi connectivity index (χ4n) is 3.30. The number of anilines is 2. The largest absolute Gasteiger partial charge is 0.369 e. The molecule has 0 radical (unpaired) electrons. The number of rotatable bonds is 5. The Kier molecular flexibility index (Phi) is 5.71. The van der Waals surface area contributed by atoms with Crippen LogP contribution in [0, 0.1) is 13.8 Å². The second-order valence-electron chi connectivity index (χ2n) is 6.71. The Morgan fingerprint density at radius 2 is 1.68 bits per heavy atom. The molecule has 4 nitrogen and oxygen atoms in total. The summed E-state index contributed by atoms with van der Waals surface area (Å²) in [6.07, 6.45) is 0.540. The Morgan fingerprint density at radius 3 is 2.40 bits per heavy atom. The molecule has 4 heteroatoms. The maximum Gasteiger partial charge on any atom is 0.225 e. The highest BCUT2D eigenvalue weighted by molar-refractivity contribution is 5.90. The van der Waals surface area contributed by atoms with Gasteiger partial charge in [0.25, 0.3) is 0 Å². The maximum absolute atomic E-state index is 12.1. The van der Waals surface area contributed by atoms with E-state index in [2.05, 4.69) is 47.2 Å². The summed E-state index contributed by atoms with van der Waals surface area (Å²) < 4.78 is 0. The van der Waals surface area contributed by atoms with Gasteiger partial charge >= 0.3 is 0 Å². The molecule has 132 valence electrons. The van der Waals surface area contributed by atoms with E-state index in [1.165, 1.54) is 16.8 Å². The van der Waals surface area contributed by atoms with E-state index in [0.29, 0.717) is 6.42 Å². The molecule has 1 saturated heterocycles. The molecule has 2 aromatic rings. The topological polar surface area (TPSA) is 35.6 Å². The highest BCUT2D eigenvalue weighted by atomic mass is 16.1. The van der Waals surface area contributed by atoms with Crippen molar-refractivity contribution in [1.82, 2.24) is 4.90 Å². The summed E-state index contributed by atoms with van der Waals surface area (Å²) in [4.78, 5) is 16.9. The minimum Gasteiger partial charge on any atom is -0.369 e.